The van der Waals surface area contributed by atoms with Crippen molar-refractivity contribution < 1.29 is 18.8 Å². The molecule has 0 N–H and O–H groups in total. The zero-order valence-electron chi connectivity index (χ0n) is 16.6. The van der Waals surface area contributed by atoms with Gasteiger partial charge in [0.05, 0.1) is 23.2 Å². The molecule has 0 unspecified atom stereocenters. The van der Waals surface area contributed by atoms with Crippen molar-refractivity contribution in [3.05, 3.63) is 64.9 Å². The summed E-state index contributed by atoms with van der Waals surface area (Å²) in [5, 5.41) is 3.93. The fourth-order valence-corrected chi connectivity index (χ4v) is 3.19. The van der Waals surface area contributed by atoms with Crippen LogP contribution in [0.15, 0.2) is 57.8 Å². The lowest BCUT2D eigenvalue weighted by Gasteiger charge is -2.06. The molecule has 0 bridgehead atoms. The lowest BCUT2D eigenvalue weighted by Crippen LogP contribution is -2.26. The van der Waals surface area contributed by atoms with Crippen LogP contribution in [0.25, 0.3) is 22.4 Å². The zero-order valence-corrected chi connectivity index (χ0v) is 16.6. The van der Waals surface area contributed by atoms with E-state index >= 15 is 0 Å². The summed E-state index contributed by atoms with van der Waals surface area (Å²) >= 11 is 0. The molecule has 0 aliphatic rings. The van der Waals surface area contributed by atoms with E-state index < -0.39 is 5.97 Å². The predicted molar refractivity (Wildman–Crippen MR) is 108 cm³/mol. The molecule has 9 nitrogen and oxygen atoms in total. The molecule has 154 valence electrons. The summed E-state index contributed by atoms with van der Waals surface area (Å²) in [4.78, 5) is 29.0. The Morgan fingerprint density at radius 3 is 2.63 bits per heavy atom. The van der Waals surface area contributed by atoms with Crippen LogP contribution < -0.4 is 10.4 Å². The topological polar surface area (TPSA) is 101 Å². The molecule has 0 aliphatic carbocycles. The number of nitrogens with zero attached hydrogens (tertiary/aromatic N) is 4. The van der Waals surface area contributed by atoms with Crippen LogP contribution in [0, 0.1) is 0 Å². The van der Waals surface area contributed by atoms with Crippen molar-refractivity contribution in [1.82, 2.24) is 19.3 Å². The van der Waals surface area contributed by atoms with Gasteiger partial charge in [0.2, 0.25) is 5.82 Å². The van der Waals surface area contributed by atoms with Gasteiger partial charge in [-0.05, 0) is 31.2 Å². The predicted octanol–water partition coefficient (Wildman–Crippen LogP) is 2.53. The summed E-state index contributed by atoms with van der Waals surface area (Å²) in [5.41, 5.74) is 1.79. The largest absolute Gasteiger partial charge is 0.493 e. The quantitative estimate of drug-likeness (QED) is 0.433. The summed E-state index contributed by atoms with van der Waals surface area (Å²) in [7, 11) is 1.66. The molecular weight excluding hydrogens is 388 g/mol. The summed E-state index contributed by atoms with van der Waals surface area (Å²) in [5.74, 6) is 0.549. The minimum atomic E-state index is -0.581. The van der Waals surface area contributed by atoms with Crippen molar-refractivity contribution in [2.24, 2.45) is 7.05 Å². The number of rotatable bonds is 7. The van der Waals surface area contributed by atoms with Gasteiger partial charge in [-0.1, -0.05) is 29.4 Å². The van der Waals surface area contributed by atoms with Gasteiger partial charge in [-0.15, -0.1) is 0 Å². The second-order valence-electron chi connectivity index (χ2n) is 6.52. The van der Waals surface area contributed by atoms with E-state index in [9.17, 15) is 9.59 Å². The summed E-state index contributed by atoms with van der Waals surface area (Å²) < 4.78 is 18.9. The number of carbonyl (C=O) groups excluding carboxylic acids is 1. The third-order valence-corrected chi connectivity index (χ3v) is 4.59. The molecule has 4 rings (SSSR count). The highest BCUT2D eigenvalue weighted by molar-refractivity contribution is 5.78. The molecule has 0 atom stereocenters. The number of ether oxygens (including phenoxy) is 2. The van der Waals surface area contributed by atoms with E-state index in [4.69, 9.17) is 14.0 Å². The first-order valence-corrected chi connectivity index (χ1v) is 9.43. The Balaban J connectivity index is 1.45. The maximum atomic E-state index is 12.4. The van der Waals surface area contributed by atoms with E-state index in [1.54, 1.807) is 13.1 Å². The summed E-state index contributed by atoms with van der Waals surface area (Å²) in [6, 6.07) is 14.6. The molecule has 0 radical (unpaired) electrons. The number of imidazole rings is 1. The van der Waals surface area contributed by atoms with Gasteiger partial charge in [0.25, 0.3) is 5.89 Å². The standard InChI is InChI=1S/C21H20N4O5/c1-3-28-17-11-7-4-8-14(17)20-22-18(30-23-20)13-29-19(26)12-25-16-10-6-5-9-15(16)24(2)21(25)27/h4-11H,3,12-13H2,1-2H3. The minimum Gasteiger partial charge on any atom is -0.493 e. The van der Waals surface area contributed by atoms with Gasteiger partial charge in [-0.3, -0.25) is 13.9 Å². The summed E-state index contributed by atoms with van der Waals surface area (Å²) in [6.45, 7) is 1.99. The Labute approximate surface area is 171 Å². The number of para-hydroxylation sites is 3. The van der Waals surface area contributed by atoms with E-state index in [0.29, 0.717) is 29.3 Å². The molecule has 9 heteroatoms. The molecule has 4 aromatic rings. The lowest BCUT2D eigenvalue weighted by molar-refractivity contribution is -0.146. The monoisotopic (exact) mass is 408 g/mol. The van der Waals surface area contributed by atoms with E-state index in [-0.39, 0.29) is 24.7 Å². The van der Waals surface area contributed by atoms with Crippen molar-refractivity contribution >= 4 is 17.0 Å². The van der Waals surface area contributed by atoms with E-state index in [2.05, 4.69) is 10.1 Å². The number of carbonyl (C=O) groups is 1. The molecule has 0 saturated carbocycles. The zero-order chi connectivity index (χ0) is 21.1. The smallest absolute Gasteiger partial charge is 0.329 e. The fraction of sp³-hybridized carbons (Fsp3) is 0.238. The molecule has 2 aromatic carbocycles. The number of esters is 1. The van der Waals surface area contributed by atoms with Gasteiger partial charge in [0.1, 0.15) is 12.3 Å². The van der Waals surface area contributed by atoms with Crippen LogP contribution in [0.3, 0.4) is 0 Å². The number of aryl methyl sites for hydroxylation is 1. The SMILES string of the molecule is CCOc1ccccc1-c1noc(COC(=O)Cn2c(=O)n(C)c3ccccc32)n1. The maximum absolute atomic E-state index is 12.4. The van der Waals surface area contributed by atoms with Gasteiger partial charge >= 0.3 is 11.7 Å². The number of fused-ring (bicyclic) bond motifs is 1. The van der Waals surface area contributed by atoms with Crippen LogP contribution in [-0.2, 0) is 29.7 Å². The van der Waals surface area contributed by atoms with Gasteiger partial charge < -0.3 is 14.0 Å². The lowest BCUT2D eigenvalue weighted by atomic mass is 10.2. The molecule has 30 heavy (non-hydrogen) atoms. The molecule has 0 aliphatic heterocycles. The highest BCUT2D eigenvalue weighted by Crippen LogP contribution is 2.27. The molecule has 0 fully saturated rings. The van der Waals surface area contributed by atoms with E-state index in [1.807, 2.05) is 49.4 Å². The van der Waals surface area contributed by atoms with Crippen LogP contribution in [0.4, 0.5) is 0 Å². The van der Waals surface area contributed by atoms with Crippen molar-refractivity contribution in [3.63, 3.8) is 0 Å². The van der Waals surface area contributed by atoms with E-state index in [1.165, 1.54) is 9.13 Å². The van der Waals surface area contributed by atoms with E-state index in [0.717, 1.165) is 5.52 Å². The average molecular weight is 408 g/mol. The Kier molecular flexibility index (Phi) is 5.34. The number of aromatic nitrogens is 4. The first-order valence-electron chi connectivity index (χ1n) is 9.43. The Morgan fingerprint density at radius 1 is 1.10 bits per heavy atom. The molecule has 2 aromatic heterocycles. The Morgan fingerprint density at radius 2 is 1.83 bits per heavy atom. The van der Waals surface area contributed by atoms with Crippen molar-refractivity contribution in [2.75, 3.05) is 6.61 Å². The van der Waals surface area contributed by atoms with Crippen molar-refractivity contribution in [3.8, 4) is 17.1 Å². The fourth-order valence-electron chi connectivity index (χ4n) is 3.19. The number of hydrogen-bond acceptors (Lipinski definition) is 7. The summed E-state index contributed by atoms with van der Waals surface area (Å²) in [6.07, 6.45) is 0. The van der Waals surface area contributed by atoms with Gasteiger partial charge in [0, 0.05) is 7.05 Å². The first-order chi connectivity index (χ1) is 14.6. The normalized spacial score (nSPS) is 11.0. The van der Waals surface area contributed by atoms with Gasteiger partial charge in [-0.25, -0.2) is 4.79 Å². The second kappa shape index (κ2) is 8.24. The van der Waals surface area contributed by atoms with Crippen molar-refractivity contribution in [2.45, 2.75) is 20.1 Å². The van der Waals surface area contributed by atoms with Crippen LogP contribution in [0.2, 0.25) is 0 Å². The minimum absolute atomic E-state index is 0.148. The number of hydrogen-bond donors (Lipinski definition) is 0. The van der Waals surface area contributed by atoms with Gasteiger partial charge in [0.15, 0.2) is 6.61 Å². The molecule has 2 heterocycles. The third kappa shape index (κ3) is 3.69. The average Bonchev–Trinajstić information content (AvgIpc) is 3.32. The molecular formula is C21H20N4O5. The Hall–Kier alpha value is -3.88. The van der Waals surface area contributed by atoms with Crippen LogP contribution in [0.5, 0.6) is 5.75 Å². The molecule has 0 spiro atoms. The second-order valence-corrected chi connectivity index (χ2v) is 6.52. The Bertz CT molecular complexity index is 1250. The van der Waals surface area contributed by atoms with Crippen LogP contribution >= 0.6 is 0 Å². The molecule has 0 amide bonds. The first kappa shape index (κ1) is 19.4. The van der Waals surface area contributed by atoms with Crippen molar-refractivity contribution in [1.29, 1.82) is 0 Å². The maximum Gasteiger partial charge on any atom is 0.329 e. The third-order valence-electron chi connectivity index (χ3n) is 4.59. The van der Waals surface area contributed by atoms with Crippen LogP contribution in [0.1, 0.15) is 12.8 Å². The van der Waals surface area contributed by atoms with Gasteiger partial charge in [-0.2, -0.15) is 4.98 Å². The van der Waals surface area contributed by atoms with Crippen LogP contribution in [-0.4, -0.2) is 31.9 Å². The highest BCUT2D eigenvalue weighted by Gasteiger charge is 2.17. The molecule has 0 saturated heterocycles. The highest BCUT2D eigenvalue weighted by atomic mass is 16.6. The number of benzene rings is 2.